The number of nitrogens with zero attached hydrogens (tertiary/aromatic N) is 2. The number of benzene rings is 10. The summed E-state index contributed by atoms with van der Waals surface area (Å²) >= 11 is 0. The fourth-order valence-electron chi connectivity index (χ4n) is 10.7. The molecule has 0 amide bonds. The van der Waals surface area contributed by atoms with E-state index in [1.54, 1.807) is 0 Å². The molecule has 0 fully saturated rings. The largest absolute Gasteiger partial charge is 0.456 e. The number of hydrogen-bond donors (Lipinski definition) is 0. The summed E-state index contributed by atoms with van der Waals surface area (Å²) < 4.78 is 6.23. The maximum absolute atomic E-state index is 6.23. The highest BCUT2D eigenvalue weighted by Crippen LogP contribution is 2.40. The Balaban J connectivity index is 0.953. The summed E-state index contributed by atoms with van der Waals surface area (Å²) in [6.45, 7) is 0. The van der Waals surface area contributed by atoms with Gasteiger partial charge in [-0.25, -0.2) is 9.97 Å². The van der Waals surface area contributed by atoms with Crippen molar-refractivity contribution in [2.45, 2.75) is 0 Å². The lowest BCUT2D eigenvalue weighted by molar-refractivity contribution is 0.669. The first-order valence-electron chi connectivity index (χ1n) is 23.2. The van der Waals surface area contributed by atoms with Crippen molar-refractivity contribution in [3.05, 3.63) is 255 Å². The topological polar surface area (TPSA) is 38.9 Å². The third-order valence-corrected chi connectivity index (χ3v) is 18.6. The van der Waals surface area contributed by atoms with Crippen LogP contribution in [-0.4, -0.2) is 18.0 Å². The van der Waals surface area contributed by atoms with E-state index in [-0.39, 0.29) is 0 Å². The SMILES string of the molecule is c1ccc(-c2cc(-c3ccc4oc5ccccc5c4c3)cc(-c3cc(-c4ccc(-c5cccc6c5-c5ccccc5[Si]6(c5ccccc5)c5ccccc5)cc4)nc(-c4ccccc4)n3)c2)cc1. The monoisotopic (exact) mass is 882 g/mol. The molecule has 0 N–H and O–H groups in total. The second kappa shape index (κ2) is 16.3. The maximum atomic E-state index is 6.23. The lowest BCUT2D eigenvalue weighted by Crippen LogP contribution is -2.72. The van der Waals surface area contributed by atoms with E-state index in [4.69, 9.17) is 14.4 Å². The van der Waals surface area contributed by atoms with Crippen LogP contribution in [0, 0.1) is 0 Å². The molecule has 318 valence electrons. The molecule has 1 aliphatic rings. The summed E-state index contributed by atoms with van der Waals surface area (Å²) in [5, 5.41) is 7.87. The van der Waals surface area contributed by atoms with Crippen LogP contribution in [0.25, 0.3) is 100 Å². The smallest absolute Gasteiger partial charge is 0.180 e. The van der Waals surface area contributed by atoms with Crippen LogP contribution in [0.2, 0.25) is 0 Å². The predicted octanol–water partition coefficient (Wildman–Crippen LogP) is 13.7. The van der Waals surface area contributed by atoms with Crippen molar-refractivity contribution in [3.8, 4) is 78.4 Å². The Kier molecular flexibility index (Phi) is 9.51. The van der Waals surface area contributed by atoms with Gasteiger partial charge in [-0.3, -0.25) is 0 Å². The Morgan fingerprint density at radius 2 is 0.809 bits per heavy atom. The molecule has 0 aliphatic carbocycles. The number of furan rings is 1. The molecule has 1 aliphatic heterocycles. The van der Waals surface area contributed by atoms with Gasteiger partial charge in [-0.05, 0) is 108 Å². The average Bonchev–Trinajstić information content (AvgIpc) is 3.95. The van der Waals surface area contributed by atoms with Gasteiger partial charge in [0.05, 0.1) is 11.4 Å². The van der Waals surface area contributed by atoms with Gasteiger partial charge in [-0.1, -0.05) is 212 Å². The quantitative estimate of drug-likeness (QED) is 0.143. The van der Waals surface area contributed by atoms with Gasteiger partial charge in [0.1, 0.15) is 11.2 Å². The molecule has 0 saturated heterocycles. The van der Waals surface area contributed by atoms with Gasteiger partial charge in [0.25, 0.3) is 0 Å². The van der Waals surface area contributed by atoms with Crippen molar-refractivity contribution in [2.24, 2.45) is 0 Å². The minimum Gasteiger partial charge on any atom is -0.456 e. The molecule has 3 nitrogen and oxygen atoms in total. The first-order valence-corrected chi connectivity index (χ1v) is 25.2. The highest BCUT2D eigenvalue weighted by molar-refractivity contribution is 7.22. The summed E-state index contributed by atoms with van der Waals surface area (Å²) in [7, 11) is -2.62. The van der Waals surface area contributed by atoms with E-state index >= 15 is 0 Å². The van der Waals surface area contributed by atoms with Crippen LogP contribution < -0.4 is 20.7 Å². The Bertz CT molecular complexity index is 3790. The number of para-hydroxylation sites is 1. The van der Waals surface area contributed by atoms with Gasteiger partial charge >= 0.3 is 0 Å². The summed E-state index contributed by atoms with van der Waals surface area (Å²) in [4.78, 5) is 10.6. The first-order chi connectivity index (χ1) is 33.7. The van der Waals surface area contributed by atoms with Crippen molar-refractivity contribution < 1.29 is 4.42 Å². The molecule has 3 heterocycles. The van der Waals surface area contributed by atoms with Crippen LogP contribution >= 0.6 is 0 Å². The molecule has 10 aromatic carbocycles. The van der Waals surface area contributed by atoms with Gasteiger partial charge < -0.3 is 4.42 Å². The van der Waals surface area contributed by atoms with Gasteiger partial charge in [0, 0.05) is 27.5 Å². The van der Waals surface area contributed by atoms with Gasteiger partial charge in [-0.15, -0.1) is 0 Å². The minimum absolute atomic E-state index is 0.681. The Labute approximate surface area is 396 Å². The van der Waals surface area contributed by atoms with Crippen LogP contribution in [0.4, 0.5) is 0 Å². The lowest BCUT2D eigenvalue weighted by atomic mass is 9.93. The van der Waals surface area contributed by atoms with Crippen LogP contribution in [0.3, 0.4) is 0 Å². The summed E-state index contributed by atoms with van der Waals surface area (Å²) in [5.41, 5.74) is 16.0. The van der Waals surface area contributed by atoms with Crippen molar-refractivity contribution in [2.75, 3.05) is 0 Å². The number of hydrogen-bond acceptors (Lipinski definition) is 3. The van der Waals surface area contributed by atoms with Gasteiger partial charge in [0.2, 0.25) is 0 Å². The third kappa shape index (κ3) is 6.57. The molecule has 0 atom stereocenters. The van der Waals surface area contributed by atoms with E-state index < -0.39 is 8.07 Å². The summed E-state index contributed by atoms with van der Waals surface area (Å²) in [6.07, 6.45) is 0. The molecule has 2 aromatic heterocycles. The molecule has 12 aromatic rings. The molecule has 4 heteroatoms. The van der Waals surface area contributed by atoms with E-state index in [1.807, 2.05) is 30.3 Å². The fourth-order valence-corrected chi connectivity index (χ4v) is 15.9. The average molecular weight is 883 g/mol. The van der Waals surface area contributed by atoms with Crippen LogP contribution in [0.15, 0.2) is 259 Å². The van der Waals surface area contributed by atoms with Crippen molar-refractivity contribution in [3.63, 3.8) is 0 Å². The molecule has 0 unspecified atom stereocenters. The Morgan fingerprint density at radius 3 is 1.53 bits per heavy atom. The fraction of sp³-hybridized carbons (Fsp3) is 0. The maximum Gasteiger partial charge on any atom is 0.180 e. The van der Waals surface area contributed by atoms with E-state index in [9.17, 15) is 0 Å². The zero-order valence-electron chi connectivity index (χ0n) is 37.1. The van der Waals surface area contributed by atoms with E-state index in [2.05, 4.69) is 224 Å². The van der Waals surface area contributed by atoms with Crippen LogP contribution in [0.1, 0.15) is 0 Å². The molecule has 0 saturated carbocycles. The molecule has 0 spiro atoms. The standard InChI is InChI=1S/C64H42N2OSi/c1-5-18-43(19-6-1)48-38-49(47-36-37-60-56(41-47)54-26-13-15-29-59(54)67-60)40-50(39-48)58-42-57(65-64(66-58)46-20-7-2-8-21-46)45-34-32-44(33-35-45)53-28-17-31-62-63(53)55-27-14-16-30-61(55)68(62,51-22-9-3-10-23-51)52-24-11-4-12-25-52/h1-42H. The van der Waals surface area contributed by atoms with Gasteiger partial charge in [-0.2, -0.15) is 0 Å². The Morgan fingerprint density at radius 1 is 0.294 bits per heavy atom. The number of fused-ring (bicyclic) bond motifs is 6. The molecular formula is C64H42N2OSi. The van der Waals surface area contributed by atoms with Crippen molar-refractivity contribution >= 4 is 50.8 Å². The van der Waals surface area contributed by atoms with Crippen LogP contribution in [-0.2, 0) is 0 Å². The van der Waals surface area contributed by atoms with Crippen molar-refractivity contribution in [1.82, 2.24) is 9.97 Å². The molecule has 13 rings (SSSR count). The minimum atomic E-state index is -2.62. The third-order valence-electron chi connectivity index (χ3n) is 13.8. The highest BCUT2D eigenvalue weighted by atomic mass is 28.3. The van der Waals surface area contributed by atoms with Gasteiger partial charge in [0.15, 0.2) is 13.9 Å². The van der Waals surface area contributed by atoms with Crippen molar-refractivity contribution in [1.29, 1.82) is 0 Å². The van der Waals surface area contributed by atoms with E-state index in [0.717, 1.165) is 72.3 Å². The lowest BCUT2D eigenvalue weighted by Gasteiger charge is -2.31. The zero-order valence-corrected chi connectivity index (χ0v) is 38.1. The second-order valence-electron chi connectivity index (χ2n) is 17.6. The molecule has 68 heavy (non-hydrogen) atoms. The van der Waals surface area contributed by atoms with E-state index in [1.165, 1.54) is 43.0 Å². The predicted molar refractivity (Wildman–Crippen MR) is 285 cm³/mol. The number of rotatable bonds is 8. The summed E-state index contributed by atoms with van der Waals surface area (Å²) in [5.74, 6) is 0.681. The molecular weight excluding hydrogens is 841 g/mol. The normalized spacial score (nSPS) is 12.5. The summed E-state index contributed by atoms with van der Waals surface area (Å²) in [6, 6.07) is 92.1. The highest BCUT2D eigenvalue weighted by Gasteiger charge is 2.49. The molecule has 0 bridgehead atoms. The molecule has 0 radical (unpaired) electrons. The Hall–Kier alpha value is -8.70. The second-order valence-corrected chi connectivity index (χ2v) is 21.4. The number of aromatic nitrogens is 2. The van der Waals surface area contributed by atoms with Crippen LogP contribution in [0.5, 0.6) is 0 Å². The zero-order chi connectivity index (χ0) is 45.0. The first kappa shape index (κ1) is 39.6. The van der Waals surface area contributed by atoms with E-state index in [0.29, 0.717) is 5.82 Å².